The van der Waals surface area contributed by atoms with Crippen molar-refractivity contribution in [1.82, 2.24) is 10.5 Å². The zero-order valence-corrected chi connectivity index (χ0v) is 12.8. The van der Waals surface area contributed by atoms with Gasteiger partial charge in [0.15, 0.2) is 11.5 Å². The largest absolute Gasteiger partial charge is 0.466 e. The van der Waals surface area contributed by atoms with Crippen LogP contribution in [0.4, 0.5) is 4.39 Å². The topological polar surface area (TPSA) is 88.5 Å². The number of nitrogens with zero attached hydrogens (tertiary/aromatic N) is 1. The number of aromatic nitrogens is 1. The van der Waals surface area contributed by atoms with E-state index in [4.69, 9.17) is 8.94 Å². The van der Waals surface area contributed by atoms with E-state index in [9.17, 15) is 14.3 Å². The van der Waals surface area contributed by atoms with Gasteiger partial charge in [-0.2, -0.15) is 0 Å². The van der Waals surface area contributed by atoms with Crippen LogP contribution in [0.1, 0.15) is 23.2 Å². The Balaban J connectivity index is 1.67. The van der Waals surface area contributed by atoms with Gasteiger partial charge in [-0.15, -0.1) is 0 Å². The molecule has 7 heteroatoms. The lowest BCUT2D eigenvalue weighted by molar-refractivity contribution is 0.0329. The predicted molar refractivity (Wildman–Crippen MR) is 82.5 cm³/mol. The first-order chi connectivity index (χ1) is 11.5. The lowest BCUT2D eigenvalue weighted by Gasteiger charge is -2.20. The number of hydrogen-bond acceptors (Lipinski definition) is 5. The molecule has 24 heavy (non-hydrogen) atoms. The summed E-state index contributed by atoms with van der Waals surface area (Å²) >= 11 is 0. The van der Waals surface area contributed by atoms with Crippen molar-refractivity contribution >= 4 is 5.91 Å². The van der Waals surface area contributed by atoms with Crippen molar-refractivity contribution in [3.63, 3.8) is 0 Å². The highest BCUT2D eigenvalue weighted by molar-refractivity contribution is 5.93. The Morgan fingerprint density at radius 3 is 2.75 bits per heavy atom. The van der Waals surface area contributed by atoms with Crippen molar-refractivity contribution in [3.8, 4) is 11.3 Å². The molecule has 1 aromatic carbocycles. The number of benzene rings is 1. The second-order valence-corrected chi connectivity index (χ2v) is 5.52. The summed E-state index contributed by atoms with van der Waals surface area (Å²) in [7, 11) is 0. The van der Waals surface area contributed by atoms with Crippen LogP contribution in [0.15, 0.2) is 57.7 Å². The molecule has 1 atom stereocenters. The molecule has 2 aromatic heterocycles. The number of carbonyl (C=O) groups is 1. The summed E-state index contributed by atoms with van der Waals surface area (Å²) in [5.74, 6) is -0.178. The molecule has 0 fully saturated rings. The van der Waals surface area contributed by atoms with E-state index in [2.05, 4.69) is 10.5 Å². The SMILES string of the molecule is CC(O)(CNC(=O)c1cc(-c2ccc(F)cc2)on1)c1ccco1. The third kappa shape index (κ3) is 3.36. The third-order valence-corrected chi connectivity index (χ3v) is 3.52. The summed E-state index contributed by atoms with van der Waals surface area (Å²) < 4.78 is 23.2. The second-order valence-electron chi connectivity index (χ2n) is 5.52. The first-order valence-electron chi connectivity index (χ1n) is 7.23. The highest BCUT2D eigenvalue weighted by atomic mass is 19.1. The Morgan fingerprint density at radius 2 is 2.08 bits per heavy atom. The van der Waals surface area contributed by atoms with Gasteiger partial charge in [0.2, 0.25) is 0 Å². The number of nitrogens with one attached hydrogen (secondary N) is 1. The molecule has 0 aliphatic carbocycles. The van der Waals surface area contributed by atoms with Gasteiger partial charge in [0.05, 0.1) is 12.8 Å². The lowest BCUT2D eigenvalue weighted by atomic mass is 10.0. The first-order valence-corrected chi connectivity index (χ1v) is 7.23. The van der Waals surface area contributed by atoms with Crippen LogP contribution in [0.25, 0.3) is 11.3 Å². The van der Waals surface area contributed by atoms with Crippen LogP contribution in [0, 0.1) is 5.82 Å². The molecule has 6 nitrogen and oxygen atoms in total. The number of hydrogen-bond donors (Lipinski definition) is 2. The Labute approximate surface area is 136 Å². The van der Waals surface area contributed by atoms with Gasteiger partial charge in [0.1, 0.15) is 17.2 Å². The average molecular weight is 330 g/mol. The Hall–Kier alpha value is -2.93. The van der Waals surface area contributed by atoms with E-state index >= 15 is 0 Å². The zero-order chi connectivity index (χ0) is 17.2. The normalized spacial score (nSPS) is 13.5. The van der Waals surface area contributed by atoms with Crippen molar-refractivity contribution in [2.75, 3.05) is 6.54 Å². The maximum Gasteiger partial charge on any atom is 0.273 e. The molecular weight excluding hydrogens is 315 g/mol. The third-order valence-electron chi connectivity index (χ3n) is 3.52. The van der Waals surface area contributed by atoms with Gasteiger partial charge in [-0.25, -0.2) is 4.39 Å². The van der Waals surface area contributed by atoms with Gasteiger partial charge in [-0.05, 0) is 43.3 Å². The molecule has 1 amide bonds. The molecule has 3 aromatic rings. The minimum absolute atomic E-state index is 0.0575. The van der Waals surface area contributed by atoms with E-state index in [1.54, 1.807) is 12.1 Å². The molecule has 1 unspecified atom stereocenters. The van der Waals surface area contributed by atoms with Crippen LogP contribution in [-0.2, 0) is 5.60 Å². The van der Waals surface area contributed by atoms with E-state index < -0.39 is 11.5 Å². The highest BCUT2D eigenvalue weighted by Gasteiger charge is 2.27. The minimum Gasteiger partial charge on any atom is -0.466 e. The van der Waals surface area contributed by atoms with E-state index in [0.29, 0.717) is 17.1 Å². The van der Waals surface area contributed by atoms with E-state index in [1.807, 2.05) is 0 Å². The Morgan fingerprint density at radius 1 is 1.33 bits per heavy atom. The Kier molecular flexibility index (Phi) is 4.18. The molecule has 0 bridgehead atoms. The molecule has 0 aliphatic heterocycles. The van der Waals surface area contributed by atoms with Gasteiger partial charge in [-0.1, -0.05) is 5.16 Å². The van der Waals surface area contributed by atoms with E-state index in [1.165, 1.54) is 43.5 Å². The van der Waals surface area contributed by atoms with Crippen LogP contribution < -0.4 is 5.32 Å². The summed E-state index contributed by atoms with van der Waals surface area (Å²) in [4.78, 5) is 12.1. The first kappa shape index (κ1) is 15.9. The fraction of sp³-hybridized carbons (Fsp3) is 0.176. The fourth-order valence-corrected chi connectivity index (χ4v) is 2.15. The van der Waals surface area contributed by atoms with Crippen LogP contribution in [0.2, 0.25) is 0 Å². The molecule has 124 valence electrons. The standard InChI is InChI=1S/C17H15FN2O4/c1-17(22,15-3-2-8-23-15)10-19-16(21)13-9-14(24-20-13)11-4-6-12(18)7-5-11/h2-9,22H,10H2,1H3,(H,19,21). The molecule has 2 heterocycles. The summed E-state index contributed by atoms with van der Waals surface area (Å²) in [6.45, 7) is 1.47. The molecule has 0 saturated carbocycles. The summed E-state index contributed by atoms with van der Waals surface area (Å²) in [6, 6.07) is 10.4. The van der Waals surface area contributed by atoms with E-state index in [0.717, 1.165) is 0 Å². The van der Waals surface area contributed by atoms with Crippen molar-refractivity contribution in [3.05, 3.63) is 66.0 Å². The number of amides is 1. The monoisotopic (exact) mass is 330 g/mol. The fourth-order valence-electron chi connectivity index (χ4n) is 2.15. The highest BCUT2D eigenvalue weighted by Crippen LogP contribution is 2.22. The molecular formula is C17H15FN2O4. The van der Waals surface area contributed by atoms with Gasteiger partial charge >= 0.3 is 0 Å². The quantitative estimate of drug-likeness (QED) is 0.751. The molecule has 0 radical (unpaired) electrons. The second kappa shape index (κ2) is 6.29. The molecule has 2 N–H and O–H groups in total. The summed E-state index contributed by atoms with van der Waals surface area (Å²) in [5, 5.41) is 16.6. The van der Waals surface area contributed by atoms with Crippen molar-refractivity contribution in [2.24, 2.45) is 0 Å². The van der Waals surface area contributed by atoms with Crippen molar-refractivity contribution < 1.29 is 23.2 Å². The maximum absolute atomic E-state index is 12.9. The van der Waals surface area contributed by atoms with Crippen molar-refractivity contribution in [2.45, 2.75) is 12.5 Å². The number of rotatable bonds is 5. The summed E-state index contributed by atoms with van der Waals surface area (Å²) in [5.41, 5.74) is -0.682. The number of aliphatic hydroxyl groups is 1. The molecule has 0 aliphatic rings. The van der Waals surface area contributed by atoms with Gasteiger partial charge < -0.3 is 19.4 Å². The summed E-state index contributed by atoms with van der Waals surface area (Å²) in [6.07, 6.45) is 1.44. The Bertz CT molecular complexity index is 823. The van der Waals surface area contributed by atoms with E-state index in [-0.39, 0.29) is 18.1 Å². The average Bonchev–Trinajstić information content (AvgIpc) is 3.25. The predicted octanol–water partition coefficient (Wildman–Crippen LogP) is 2.71. The molecule has 0 spiro atoms. The molecule has 0 saturated heterocycles. The number of furan rings is 1. The number of halogens is 1. The number of carbonyl (C=O) groups excluding carboxylic acids is 1. The van der Waals surface area contributed by atoms with Gasteiger partial charge in [-0.3, -0.25) is 4.79 Å². The molecule has 3 rings (SSSR count). The van der Waals surface area contributed by atoms with Crippen LogP contribution in [0.3, 0.4) is 0 Å². The smallest absolute Gasteiger partial charge is 0.273 e. The van der Waals surface area contributed by atoms with Crippen LogP contribution in [0.5, 0.6) is 0 Å². The van der Waals surface area contributed by atoms with Crippen molar-refractivity contribution in [1.29, 1.82) is 0 Å². The van der Waals surface area contributed by atoms with Gasteiger partial charge in [0, 0.05) is 11.6 Å². The van der Waals surface area contributed by atoms with Crippen LogP contribution in [-0.4, -0.2) is 22.7 Å². The lowest BCUT2D eigenvalue weighted by Crippen LogP contribution is -2.38. The van der Waals surface area contributed by atoms with Crippen LogP contribution >= 0.6 is 0 Å². The minimum atomic E-state index is -1.34. The van der Waals surface area contributed by atoms with Gasteiger partial charge in [0.25, 0.3) is 5.91 Å². The maximum atomic E-state index is 12.9. The zero-order valence-electron chi connectivity index (χ0n) is 12.8.